The van der Waals surface area contributed by atoms with Gasteiger partial charge in [0.25, 0.3) is 0 Å². The zero-order chi connectivity index (χ0) is 14.1. The minimum atomic E-state index is 0.0273. The lowest BCUT2D eigenvalue weighted by molar-refractivity contribution is -0.129. The van der Waals surface area contributed by atoms with E-state index in [9.17, 15) is 4.79 Å². The summed E-state index contributed by atoms with van der Waals surface area (Å²) in [6.45, 7) is 1.99. The minimum absolute atomic E-state index is 0.0273. The zero-order valence-corrected chi connectivity index (χ0v) is 11.6. The molecule has 0 radical (unpaired) electrons. The summed E-state index contributed by atoms with van der Waals surface area (Å²) in [7, 11) is 1.64. The normalized spacial score (nSPS) is 21.5. The Hall–Kier alpha value is -2.29. The lowest BCUT2D eigenvalue weighted by atomic mass is 9.83. The van der Waals surface area contributed by atoms with E-state index in [1.54, 1.807) is 7.11 Å². The molecule has 2 aromatic rings. The van der Waals surface area contributed by atoms with Gasteiger partial charge in [0, 0.05) is 5.69 Å². The summed E-state index contributed by atoms with van der Waals surface area (Å²) in [6.07, 6.45) is 0. The van der Waals surface area contributed by atoms with Crippen molar-refractivity contribution < 1.29 is 9.53 Å². The maximum atomic E-state index is 12.2. The van der Waals surface area contributed by atoms with Crippen molar-refractivity contribution in [1.82, 2.24) is 0 Å². The van der Waals surface area contributed by atoms with Crippen molar-refractivity contribution in [3.05, 3.63) is 60.2 Å². The third-order valence-corrected chi connectivity index (χ3v) is 3.87. The smallest absolute Gasteiger partial charge is 0.232 e. The Morgan fingerprint density at radius 2 is 1.65 bits per heavy atom. The molecule has 0 bridgehead atoms. The molecule has 2 aromatic carbocycles. The maximum Gasteiger partial charge on any atom is 0.232 e. The monoisotopic (exact) mass is 267 g/mol. The Morgan fingerprint density at radius 1 is 1.00 bits per heavy atom. The largest absolute Gasteiger partial charge is 0.497 e. The number of carbonyl (C=O) groups excluding carboxylic acids is 1. The summed E-state index contributed by atoms with van der Waals surface area (Å²) in [5.41, 5.74) is 2.10. The molecule has 1 saturated heterocycles. The molecular weight excluding hydrogens is 250 g/mol. The van der Waals surface area contributed by atoms with E-state index >= 15 is 0 Å². The van der Waals surface area contributed by atoms with Gasteiger partial charge >= 0.3 is 0 Å². The van der Waals surface area contributed by atoms with Gasteiger partial charge in [-0.2, -0.15) is 0 Å². The lowest BCUT2D eigenvalue weighted by Crippen LogP contribution is -2.54. The second-order valence-corrected chi connectivity index (χ2v) is 5.05. The number of benzene rings is 2. The Bertz CT molecular complexity index is 607. The van der Waals surface area contributed by atoms with Gasteiger partial charge in [0.15, 0.2) is 0 Å². The topological polar surface area (TPSA) is 29.5 Å². The Labute approximate surface area is 118 Å². The van der Waals surface area contributed by atoms with E-state index in [1.807, 2.05) is 54.3 Å². The van der Waals surface area contributed by atoms with Crippen LogP contribution in [0.3, 0.4) is 0 Å². The van der Waals surface area contributed by atoms with Crippen molar-refractivity contribution in [3.63, 3.8) is 0 Å². The van der Waals surface area contributed by atoms with E-state index in [-0.39, 0.29) is 17.9 Å². The first-order chi connectivity index (χ1) is 9.72. The van der Waals surface area contributed by atoms with Crippen LogP contribution in [-0.4, -0.2) is 13.0 Å². The van der Waals surface area contributed by atoms with Crippen LogP contribution >= 0.6 is 0 Å². The number of ether oxygens (including phenoxy) is 1. The molecule has 1 aliphatic rings. The fourth-order valence-corrected chi connectivity index (χ4v) is 2.75. The Balaban J connectivity index is 1.92. The number of hydrogen-bond acceptors (Lipinski definition) is 2. The molecule has 0 aromatic heterocycles. The van der Waals surface area contributed by atoms with Crippen molar-refractivity contribution in [1.29, 1.82) is 0 Å². The second kappa shape index (κ2) is 5.00. The summed E-state index contributed by atoms with van der Waals surface area (Å²) in [6, 6.07) is 17.9. The maximum absolute atomic E-state index is 12.2. The molecule has 0 saturated carbocycles. The first-order valence-corrected chi connectivity index (χ1v) is 6.74. The van der Waals surface area contributed by atoms with Crippen molar-refractivity contribution in [2.24, 2.45) is 5.92 Å². The van der Waals surface area contributed by atoms with Crippen molar-refractivity contribution in [2.75, 3.05) is 12.0 Å². The fraction of sp³-hybridized carbons (Fsp3) is 0.235. The molecule has 2 atom stereocenters. The van der Waals surface area contributed by atoms with Crippen LogP contribution in [0.1, 0.15) is 18.5 Å². The molecule has 0 unspecified atom stereocenters. The van der Waals surface area contributed by atoms with Crippen LogP contribution in [0, 0.1) is 5.92 Å². The summed E-state index contributed by atoms with van der Waals surface area (Å²) in [5, 5.41) is 0. The van der Waals surface area contributed by atoms with Gasteiger partial charge in [0.05, 0.1) is 19.1 Å². The average Bonchev–Trinajstić information content (AvgIpc) is 2.52. The number of methoxy groups -OCH3 is 1. The van der Waals surface area contributed by atoms with Gasteiger partial charge in [-0.15, -0.1) is 0 Å². The molecule has 3 heteroatoms. The van der Waals surface area contributed by atoms with Crippen LogP contribution in [-0.2, 0) is 4.79 Å². The number of rotatable bonds is 3. The highest BCUT2D eigenvalue weighted by atomic mass is 16.5. The number of carbonyl (C=O) groups is 1. The molecule has 0 N–H and O–H groups in total. The molecule has 0 aliphatic carbocycles. The van der Waals surface area contributed by atoms with Crippen molar-refractivity contribution in [3.8, 4) is 5.75 Å². The third-order valence-electron chi connectivity index (χ3n) is 3.87. The highest BCUT2D eigenvalue weighted by Gasteiger charge is 2.45. The molecule has 1 fully saturated rings. The highest BCUT2D eigenvalue weighted by Crippen LogP contribution is 2.43. The Morgan fingerprint density at radius 3 is 2.25 bits per heavy atom. The molecule has 1 heterocycles. The number of β-lactam (4-membered cyclic amide) rings is 1. The molecule has 0 spiro atoms. The molecule has 1 amide bonds. The molecule has 102 valence electrons. The lowest BCUT2D eigenvalue weighted by Gasteiger charge is -2.46. The molecular formula is C17H17NO2. The van der Waals surface area contributed by atoms with Crippen LogP contribution in [0.4, 0.5) is 5.69 Å². The molecule has 3 nitrogen and oxygen atoms in total. The van der Waals surface area contributed by atoms with Crippen molar-refractivity contribution in [2.45, 2.75) is 13.0 Å². The number of anilines is 1. The summed E-state index contributed by atoms with van der Waals surface area (Å²) >= 11 is 0. The molecule has 1 aliphatic heterocycles. The van der Waals surface area contributed by atoms with Gasteiger partial charge in [-0.1, -0.05) is 37.3 Å². The predicted molar refractivity (Wildman–Crippen MR) is 78.8 cm³/mol. The number of hydrogen-bond donors (Lipinski definition) is 0. The minimum Gasteiger partial charge on any atom is -0.497 e. The molecule has 3 rings (SSSR count). The zero-order valence-electron chi connectivity index (χ0n) is 11.6. The predicted octanol–water partition coefficient (Wildman–Crippen LogP) is 3.42. The quantitative estimate of drug-likeness (QED) is 0.797. The summed E-state index contributed by atoms with van der Waals surface area (Å²) in [5.74, 6) is 0.995. The van der Waals surface area contributed by atoms with Gasteiger partial charge in [-0.25, -0.2) is 0 Å². The van der Waals surface area contributed by atoms with E-state index in [0.29, 0.717) is 0 Å². The van der Waals surface area contributed by atoms with E-state index in [1.165, 1.54) is 5.56 Å². The first kappa shape index (κ1) is 12.7. The second-order valence-electron chi connectivity index (χ2n) is 5.05. The van der Waals surface area contributed by atoms with Gasteiger partial charge in [-0.05, 0) is 29.8 Å². The summed E-state index contributed by atoms with van der Waals surface area (Å²) < 4.78 is 5.16. The van der Waals surface area contributed by atoms with Gasteiger partial charge in [0.1, 0.15) is 5.75 Å². The standard InChI is InChI=1S/C17H17NO2/c1-12-16(13-6-4-3-5-7-13)18(17(12)19)14-8-10-15(20-2)11-9-14/h3-12,16H,1-2H3/t12-,16+/m0/s1. The van der Waals surface area contributed by atoms with E-state index in [4.69, 9.17) is 4.74 Å². The van der Waals surface area contributed by atoms with Crippen LogP contribution in [0.2, 0.25) is 0 Å². The van der Waals surface area contributed by atoms with Gasteiger partial charge < -0.3 is 9.64 Å². The first-order valence-electron chi connectivity index (χ1n) is 6.74. The van der Waals surface area contributed by atoms with Crippen LogP contribution in [0.15, 0.2) is 54.6 Å². The number of nitrogens with zero attached hydrogens (tertiary/aromatic N) is 1. The van der Waals surface area contributed by atoms with Crippen LogP contribution in [0.5, 0.6) is 5.75 Å². The fourth-order valence-electron chi connectivity index (χ4n) is 2.75. The van der Waals surface area contributed by atoms with Crippen LogP contribution < -0.4 is 9.64 Å². The van der Waals surface area contributed by atoms with Crippen molar-refractivity contribution >= 4 is 11.6 Å². The third kappa shape index (κ3) is 1.95. The van der Waals surface area contributed by atoms with E-state index in [2.05, 4.69) is 12.1 Å². The average molecular weight is 267 g/mol. The molecule has 20 heavy (non-hydrogen) atoms. The van der Waals surface area contributed by atoms with Gasteiger partial charge in [0.2, 0.25) is 5.91 Å². The number of amides is 1. The van der Waals surface area contributed by atoms with Crippen LogP contribution in [0.25, 0.3) is 0 Å². The SMILES string of the molecule is COc1ccc(N2C(=O)[C@@H](C)[C@@H]2c2ccccc2)cc1. The van der Waals surface area contributed by atoms with Gasteiger partial charge in [-0.3, -0.25) is 4.79 Å². The van der Waals surface area contributed by atoms with E-state index in [0.717, 1.165) is 11.4 Å². The Kier molecular flexibility index (Phi) is 3.18. The van der Waals surface area contributed by atoms with E-state index < -0.39 is 0 Å². The highest BCUT2D eigenvalue weighted by molar-refractivity contribution is 6.03. The summed E-state index contributed by atoms with van der Waals surface area (Å²) in [4.78, 5) is 14.1.